The topological polar surface area (TPSA) is 57.2 Å². The minimum atomic E-state index is -0.163. The second-order valence-corrected chi connectivity index (χ2v) is 7.04. The van der Waals surface area contributed by atoms with Crippen LogP contribution in [0.25, 0.3) is 0 Å². The second kappa shape index (κ2) is 7.85. The summed E-state index contributed by atoms with van der Waals surface area (Å²) in [5.74, 6) is 1.29. The van der Waals surface area contributed by atoms with Gasteiger partial charge in [0.1, 0.15) is 5.82 Å². The molecular weight excluding hydrogens is 331 g/mol. The zero-order valence-corrected chi connectivity index (χ0v) is 14.9. The summed E-state index contributed by atoms with van der Waals surface area (Å²) in [4.78, 5) is 8.93. The van der Waals surface area contributed by atoms with E-state index in [1.807, 2.05) is 12.1 Å². The number of halogens is 1. The molecule has 2 heterocycles. The number of benzene rings is 1. The largest absolute Gasteiger partial charge is 0.366 e. The third kappa shape index (κ3) is 3.86. The number of anilines is 3. The zero-order valence-electron chi connectivity index (χ0n) is 14.9. The molecule has 2 fully saturated rings. The van der Waals surface area contributed by atoms with Crippen LogP contribution in [0.15, 0.2) is 30.5 Å². The van der Waals surface area contributed by atoms with Crippen LogP contribution in [0.5, 0.6) is 0 Å². The zero-order chi connectivity index (χ0) is 17.8. The molecule has 1 aromatic heterocycles. The average Bonchev–Trinajstić information content (AvgIpc) is 2.70. The van der Waals surface area contributed by atoms with Crippen LogP contribution in [0, 0.1) is 5.82 Å². The minimum absolute atomic E-state index is 0.163. The highest BCUT2D eigenvalue weighted by Gasteiger charge is 2.21. The van der Waals surface area contributed by atoms with Crippen molar-refractivity contribution in [2.24, 2.45) is 0 Å². The van der Waals surface area contributed by atoms with Crippen LogP contribution in [0.3, 0.4) is 0 Å². The quantitative estimate of drug-likeness (QED) is 0.909. The lowest BCUT2D eigenvalue weighted by Gasteiger charge is -2.36. The van der Waals surface area contributed by atoms with Crippen molar-refractivity contribution in [2.75, 3.05) is 41.3 Å². The van der Waals surface area contributed by atoms with Gasteiger partial charge < -0.3 is 15.1 Å². The van der Waals surface area contributed by atoms with E-state index in [0.717, 1.165) is 32.0 Å². The Hall–Kier alpha value is -2.44. The van der Waals surface area contributed by atoms with Crippen LogP contribution in [0.1, 0.15) is 32.1 Å². The van der Waals surface area contributed by atoms with Crippen molar-refractivity contribution >= 4 is 17.5 Å². The van der Waals surface area contributed by atoms with Crippen LogP contribution in [-0.2, 0) is 0 Å². The molecule has 1 aromatic carbocycles. The molecule has 1 aliphatic heterocycles. The minimum Gasteiger partial charge on any atom is -0.366 e. The highest BCUT2D eigenvalue weighted by Crippen LogP contribution is 2.23. The summed E-state index contributed by atoms with van der Waals surface area (Å²) in [5, 5.41) is 11.7. The molecule has 0 amide bonds. The third-order valence-corrected chi connectivity index (χ3v) is 5.28. The highest BCUT2D eigenvalue weighted by atomic mass is 19.1. The molecule has 0 spiro atoms. The summed E-state index contributed by atoms with van der Waals surface area (Å²) in [5.41, 5.74) is 0.674. The van der Waals surface area contributed by atoms with Gasteiger partial charge in [0.2, 0.25) is 5.95 Å². The molecule has 0 radical (unpaired) electrons. The molecule has 138 valence electrons. The monoisotopic (exact) mass is 356 g/mol. The molecule has 0 atom stereocenters. The Morgan fingerprint density at radius 3 is 2.46 bits per heavy atom. The molecular formula is C19H25FN6. The van der Waals surface area contributed by atoms with E-state index in [1.54, 1.807) is 12.3 Å². The number of aromatic nitrogens is 3. The van der Waals surface area contributed by atoms with Crippen molar-refractivity contribution in [3.63, 3.8) is 0 Å². The van der Waals surface area contributed by atoms with Crippen LogP contribution in [-0.4, -0.2) is 47.4 Å². The number of nitrogens with zero attached hydrogens (tertiary/aromatic N) is 5. The van der Waals surface area contributed by atoms with Gasteiger partial charge in [0.05, 0.1) is 11.9 Å². The Morgan fingerprint density at radius 1 is 0.962 bits per heavy atom. The number of para-hydroxylation sites is 1. The molecule has 2 aromatic rings. The number of hydrogen-bond acceptors (Lipinski definition) is 6. The molecule has 1 saturated carbocycles. The van der Waals surface area contributed by atoms with Gasteiger partial charge in [0.25, 0.3) is 0 Å². The Labute approximate surface area is 153 Å². The molecule has 26 heavy (non-hydrogen) atoms. The molecule has 1 N–H and O–H groups in total. The van der Waals surface area contributed by atoms with E-state index >= 15 is 0 Å². The standard InChI is InChI=1S/C19H25FN6/c20-16-8-4-5-9-17(16)25-10-12-26(13-11-25)18-14-21-24-19(23-18)22-15-6-2-1-3-7-15/h4-5,8-9,14-15H,1-3,6-7,10-13H2,(H,22,23,24). The molecule has 0 bridgehead atoms. The van der Waals surface area contributed by atoms with Gasteiger partial charge in [0.15, 0.2) is 5.82 Å². The van der Waals surface area contributed by atoms with E-state index in [-0.39, 0.29) is 5.82 Å². The predicted octanol–water partition coefficient (Wildman–Crippen LogP) is 3.08. The lowest BCUT2D eigenvalue weighted by molar-refractivity contribution is 0.460. The van der Waals surface area contributed by atoms with Crippen LogP contribution >= 0.6 is 0 Å². The van der Waals surface area contributed by atoms with E-state index in [4.69, 9.17) is 0 Å². The normalized spacial score (nSPS) is 18.8. The molecule has 7 heteroatoms. The van der Waals surface area contributed by atoms with Gasteiger partial charge in [-0.25, -0.2) is 4.39 Å². The maximum absolute atomic E-state index is 14.0. The molecule has 4 rings (SSSR count). The van der Waals surface area contributed by atoms with Crippen LogP contribution in [0.2, 0.25) is 0 Å². The molecule has 0 unspecified atom stereocenters. The summed E-state index contributed by atoms with van der Waals surface area (Å²) in [6.07, 6.45) is 7.92. The van der Waals surface area contributed by atoms with Crippen molar-refractivity contribution in [3.05, 3.63) is 36.3 Å². The van der Waals surface area contributed by atoms with E-state index in [9.17, 15) is 4.39 Å². The first-order valence-electron chi connectivity index (χ1n) is 9.50. The summed E-state index contributed by atoms with van der Waals surface area (Å²) < 4.78 is 14.0. The lowest BCUT2D eigenvalue weighted by atomic mass is 9.96. The number of piperazine rings is 1. The number of nitrogens with one attached hydrogen (secondary N) is 1. The Kier molecular flexibility index (Phi) is 5.13. The second-order valence-electron chi connectivity index (χ2n) is 7.04. The van der Waals surface area contributed by atoms with Gasteiger partial charge in [-0.3, -0.25) is 0 Å². The van der Waals surface area contributed by atoms with Crippen molar-refractivity contribution in [1.82, 2.24) is 15.2 Å². The van der Waals surface area contributed by atoms with Gasteiger partial charge in [-0.15, -0.1) is 5.10 Å². The summed E-state index contributed by atoms with van der Waals surface area (Å²) in [6.45, 7) is 3.10. The molecule has 6 nitrogen and oxygen atoms in total. The van der Waals surface area contributed by atoms with Crippen molar-refractivity contribution in [3.8, 4) is 0 Å². The Balaban J connectivity index is 1.38. The fourth-order valence-corrected chi connectivity index (χ4v) is 3.82. The first-order valence-corrected chi connectivity index (χ1v) is 9.50. The van der Waals surface area contributed by atoms with Gasteiger partial charge in [-0.1, -0.05) is 31.4 Å². The molecule has 1 aliphatic carbocycles. The smallest absolute Gasteiger partial charge is 0.244 e. The first kappa shape index (κ1) is 17.0. The van der Waals surface area contributed by atoms with E-state index in [2.05, 4.69) is 30.3 Å². The maximum Gasteiger partial charge on any atom is 0.244 e. The summed E-state index contributed by atoms with van der Waals surface area (Å²) in [6, 6.07) is 7.41. The summed E-state index contributed by atoms with van der Waals surface area (Å²) >= 11 is 0. The first-order chi connectivity index (χ1) is 12.8. The Bertz CT molecular complexity index is 725. The number of rotatable bonds is 4. The van der Waals surface area contributed by atoms with Crippen LogP contribution in [0.4, 0.5) is 21.8 Å². The third-order valence-electron chi connectivity index (χ3n) is 5.28. The van der Waals surface area contributed by atoms with Crippen molar-refractivity contribution in [1.29, 1.82) is 0 Å². The fraction of sp³-hybridized carbons (Fsp3) is 0.526. The fourth-order valence-electron chi connectivity index (χ4n) is 3.82. The molecule has 1 saturated heterocycles. The van der Waals surface area contributed by atoms with E-state index < -0.39 is 0 Å². The predicted molar refractivity (Wildman–Crippen MR) is 101 cm³/mol. The van der Waals surface area contributed by atoms with Crippen molar-refractivity contribution < 1.29 is 4.39 Å². The average molecular weight is 356 g/mol. The van der Waals surface area contributed by atoms with Crippen LogP contribution < -0.4 is 15.1 Å². The number of hydrogen-bond donors (Lipinski definition) is 1. The molecule has 2 aliphatic rings. The van der Waals surface area contributed by atoms with Gasteiger partial charge in [-0.2, -0.15) is 10.1 Å². The van der Waals surface area contributed by atoms with Crippen molar-refractivity contribution in [2.45, 2.75) is 38.1 Å². The van der Waals surface area contributed by atoms with Gasteiger partial charge in [-0.05, 0) is 25.0 Å². The summed E-state index contributed by atoms with van der Waals surface area (Å²) in [7, 11) is 0. The van der Waals surface area contributed by atoms with Gasteiger partial charge in [0, 0.05) is 32.2 Å². The SMILES string of the molecule is Fc1ccccc1N1CCN(c2cnnc(NC3CCCCC3)n2)CC1. The lowest BCUT2D eigenvalue weighted by Crippen LogP contribution is -2.47. The van der Waals surface area contributed by atoms with E-state index in [1.165, 1.54) is 38.2 Å². The maximum atomic E-state index is 14.0. The van der Waals surface area contributed by atoms with Gasteiger partial charge >= 0.3 is 0 Å². The Morgan fingerprint density at radius 2 is 1.69 bits per heavy atom. The van der Waals surface area contributed by atoms with E-state index in [0.29, 0.717) is 17.7 Å². The highest BCUT2D eigenvalue weighted by molar-refractivity contribution is 5.50.